The summed E-state index contributed by atoms with van der Waals surface area (Å²) < 4.78 is 14.0. The molecule has 0 saturated heterocycles. The lowest BCUT2D eigenvalue weighted by atomic mass is 10.0. The van der Waals surface area contributed by atoms with Crippen molar-refractivity contribution >= 4 is 5.69 Å². The fraction of sp³-hybridized carbons (Fsp3) is 0.480. The summed E-state index contributed by atoms with van der Waals surface area (Å²) in [6.07, 6.45) is 7.60. The Balaban J connectivity index is 2.00. The molecule has 32 heavy (non-hydrogen) atoms. The van der Waals surface area contributed by atoms with Gasteiger partial charge in [-0.25, -0.2) is 9.97 Å². The number of benzene rings is 1. The van der Waals surface area contributed by atoms with E-state index >= 15 is 0 Å². The van der Waals surface area contributed by atoms with Crippen molar-refractivity contribution in [2.45, 2.75) is 54.0 Å². The van der Waals surface area contributed by atoms with E-state index in [9.17, 15) is 0 Å². The third kappa shape index (κ3) is 5.39. The van der Waals surface area contributed by atoms with Gasteiger partial charge in [0.15, 0.2) is 5.82 Å². The maximum absolute atomic E-state index is 6.21. The second kappa shape index (κ2) is 11.0. The quantitative estimate of drug-likeness (QED) is 0.422. The zero-order valence-corrected chi connectivity index (χ0v) is 20.2. The molecule has 0 radical (unpaired) electrons. The molecule has 0 aliphatic carbocycles. The van der Waals surface area contributed by atoms with Crippen molar-refractivity contribution in [1.29, 1.82) is 0 Å². The summed E-state index contributed by atoms with van der Waals surface area (Å²) in [4.78, 5) is 16.2. The zero-order valence-electron chi connectivity index (χ0n) is 20.2. The minimum absolute atomic E-state index is 0.529. The van der Waals surface area contributed by atoms with Crippen molar-refractivity contribution < 1.29 is 9.47 Å². The first-order valence-electron chi connectivity index (χ1n) is 11.4. The van der Waals surface area contributed by atoms with Gasteiger partial charge < -0.3 is 18.9 Å². The Kier molecular flexibility index (Phi) is 8.09. The molecule has 1 aromatic carbocycles. The summed E-state index contributed by atoms with van der Waals surface area (Å²) in [5.74, 6) is 2.03. The summed E-state index contributed by atoms with van der Waals surface area (Å²) >= 11 is 0. The molecule has 7 nitrogen and oxygen atoms in total. The summed E-state index contributed by atoms with van der Waals surface area (Å²) in [7, 11) is 1.68. The summed E-state index contributed by atoms with van der Waals surface area (Å²) in [5, 5.41) is 0. The van der Waals surface area contributed by atoms with Crippen LogP contribution in [0.15, 0.2) is 30.9 Å². The van der Waals surface area contributed by atoms with Crippen LogP contribution < -0.4 is 14.4 Å². The number of rotatable bonds is 11. The average Bonchev–Trinajstić information content (AvgIpc) is 3.26. The van der Waals surface area contributed by atoms with Gasteiger partial charge in [-0.1, -0.05) is 19.9 Å². The van der Waals surface area contributed by atoms with Crippen LogP contribution in [0.4, 0.5) is 5.69 Å². The minimum atomic E-state index is 0.529. The molecule has 0 saturated carbocycles. The van der Waals surface area contributed by atoms with Gasteiger partial charge in [0, 0.05) is 25.5 Å². The van der Waals surface area contributed by atoms with Crippen LogP contribution in [0.1, 0.15) is 43.5 Å². The van der Waals surface area contributed by atoms with E-state index in [1.807, 2.05) is 17.7 Å². The Morgan fingerprint density at radius 2 is 1.78 bits per heavy atom. The van der Waals surface area contributed by atoms with E-state index in [-0.39, 0.29) is 0 Å². The highest BCUT2D eigenvalue weighted by molar-refractivity contribution is 5.72. The number of aryl methyl sites for hydroxylation is 3. The lowest BCUT2D eigenvalue weighted by Gasteiger charge is -2.27. The highest BCUT2D eigenvalue weighted by Crippen LogP contribution is 2.37. The van der Waals surface area contributed by atoms with E-state index in [2.05, 4.69) is 49.7 Å². The summed E-state index contributed by atoms with van der Waals surface area (Å²) in [5.41, 5.74) is 5.02. The van der Waals surface area contributed by atoms with Crippen LogP contribution in [0, 0.1) is 20.8 Å². The van der Waals surface area contributed by atoms with Crippen molar-refractivity contribution in [3.8, 4) is 23.0 Å². The second-order valence-electron chi connectivity index (χ2n) is 8.08. The number of nitrogens with zero attached hydrogens (tertiary/aromatic N) is 5. The molecule has 0 amide bonds. The van der Waals surface area contributed by atoms with Gasteiger partial charge in [-0.3, -0.25) is 0 Å². The standard InChI is InChI=1S/C25H35N5O2/c1-7-10-30(11-8-2)23-20(5)27-24(28-25(23)31-6)22-19(4)15-18(3)16-21(22)32-14-13-29-12-9-26-17-29/h9,12,15-17H,7-8,10-11,13-14H2,1-6H3. The maximum atomic E-state index is 6.21. The Bertz CT molecular complexity index is 1010. The maximum Gasteiger partial charge on any atom is 0.241 e. The van der Waals surface area contributed by atoms with Crippen LogP contribution in [0.3, 0.4) is 0 Å². The summed E-state index contributed by atoms with van der Waals surface area (Å²) in [6, 6.07) is 4.19. The lowest BCUT2D eigenvalue weighted by Crippen LogP contribution is -2.27. The number of anilines is 1. The number of hydrogen-bond donors (Lipinski definition) is 0. The van der Waals surface area contributed by atoms with Crippen LogP contribution in [0.25, 0.3) is 11.4 Å². The van der Waals surface area contributed by atoms with Crippen LogP contribution in [-0.2, 0) is 6.54 Å². The molecule has 0 N–H and O–H groups in total. The van der Waals surface area contributed by atoms with Gasteiger partial charge in [0.2, 0.25) is 5.88 Å². The topological polar surface area (TPSA) is 65.3 Å². The van der Waals surface area contributed by atoms with E-state index in [0.29, 0.717) is 18.3 Å². The molecule has 3 rings (SSSR count). The Labute approximate surface area is 191 Å². The highest BCUT2D eigenvalue weighted by atomic mass is 16.5. The monoisotopic (exact) mass is 437 g/mol. The molecule has 2 heterocycles. The van der Waals surface area contributed by atoms with E-state index in [4.69, 9.17) is 19.4 Å². The molecule has 0 atom stereocenters. The molecule has 7 heteroatoms. The van der Waals surface area contributed by atoms with Crippen molar-refractivity contribution in [3.63, 3.8) is 0 Å². The predicted molar refractivity (Wildman–Crippen MR) is 129 cm³/mol. The first kappa shape index (κ1) is 23.6. The van der Waals surface area contributed by atoms with Gasteiger partial charge >= 0.3 is 0 Å². The molecule has 0 aliphatic heterocycles. The van der Waals surface area contributed by atoms with Gasteiger partial charge in [-0.05, 0) is 50.8 Å². The predicted octanol–water partition coefficient (Wildman–Crippen LogP) is 4.98. The molecular formula is C25H35N5O2. The number of hydrogen-bond acceptors (Lipinski definition) is 6. The number of imidazole rings is 1. The molecule has 0 bridgehead atoms. The van der Waals surface area contributed by atoms with Crippen LogP contribution >= 0.6 is 0 Å². The first-order chi connectivity index (χ1) is 15.5. The van der Waals surface area contributed by atoms with Gasteiger partial charge in [0.25, 0.3) is 0 Å². The Hall–Kier alpha value is -3.09. The van der Waals surface area contributed by atoms with Crippen molar-refractivity contribution in [3.05, 3.63) is 47.7 Å². The zero-order chi connectivity index (χ0) is 23.1. The van der Waals surface area contributed by atoms with Crippen LogP contribution in [0.2, 0.25) is 0 Å². The van der Waals surface area contributed by atoms with E-state index < -0.39 is 0 Å². The van der Waals surface area contributed by atoms with Crippen molar-refractivity contribution in [2.24, 2.45) is 0 Å². The minimum Gasteiger partial charge on any atom is -0.491 e. The number of aromatic nitrogens is 4. The third-order valence-electron chi connectivity index (χ3n) is 5.36. The number of methoxy groups -OCH3 is 1. The fourth-order valence-electron chi connectivity index (χ4n) is 4.04. The lowest BCUT2D eigenvalue weighted by molar-refractivity contribution is 0.299. The van der Waals surface area contributed by atoms with Gasteiger partial charge in [-0.2, -0.15) is 4.98 Å². The van der Waals surface area contributed by atoms with Crippen molar-refractivity contribution in [1.82, 2.24) is 19.5 Å². The SMILES string of the molecule is CCCN(CCC)c1c(C)nc(-c2c(C)cc(C)cc2OCCn2ccnc2)nc1OC. The molecule has 172 valence electrons. The Morgan fingerprint density at radius 1 is 1.03 bits per heavy atom. The second-order valence-corrected chi connectivity index (χ2v) is 8.08. The van der Waals surface area contributed by atoms with E-state index in [1.54, 1.807) is 19.6 Å². The smallest absolute Gasteiger partial charge is 0.241 e. The molecule has 0 unspecified atom stereocenters. The van der Waals surface area contributed by atoms with E-state index in [1.165, 1.54) is 0 Å². The average molecular weight is 438 g/mol. The molecule has 3 aromatic rings. The van der Waals surface area contributed by atoms with Crippen LogP contribution in [-0.4, -0.2) is 46.3 Å². The molecular weight excluding hydrogens is 402 g/mol. The largest absolute Gasteiger partial charge is 0.491 e. The third-order valence-corrected chi connectivity index (χ3v) is 5.36. The van der Waals surface area contributed by atoms with Crippen LogP contribution in [0.5, 0.6) is 11.6 Å². The molecule has 2 aromatic heterocycles. The van der Waals surface area contributed by atoms with Gasteiger partial charge in [-0.15, -0.1) is 0 Å². The number of ether oxygens (including phenoxy) is 2. The normalized spacial score (nSPS) is 10.9. The van der Waals surface area contributed by atoms with Gasteiger partial charge in [0.05, 0.1) is 31.2 Å². The fourth-order valence-corrected chi connectivity index (χ4v) is 4.04. The van der Waals surface area contributed by atoms with Gasteiger partial charge in [0.1, 0.15) is 18.0 Å². The molecule has 0 aliphatic rings. The first-order valence-corrected chi connectivity index (χ1v) is 11.4. The highest BCUT2D eigenvalue weighted by Gasteiger charge is 2.21. The van der Waals surface area contributed by atoms with E-state index in [0.717, 1.165) is 66.3 Å². The molecule has 0 fully saturated rings. The van der Waals surface area contributed by atoms with Crippen molar-refractivity contribution in [2.75, 3.05) is 31.7 Å². The Morgan fingerprint density at radius 3 is 2.41 bits per heavy atom. The molecule has 0 spiro atoms. The summed E-state index contributed by atoms with van der Waals surface area (Å²) in [6.45, 7) is 13.7.